The Morgan fingerprint density at radius 1 is 1.24 bits per heavy atom. The molecule has 0 spiro atoms. The molecule has 1 saturated carbocycles. The number of hydrogen-bond donors (Lipinski definition) is 2. The molecule has 0 saturated heterocycles. The van der Waals surface area contributed by atoms with Gasteiger partial charge in [-0.05, 0) is 45.4 Å². The van der Waals surface area contributed by atoms with Gasteiger partial charge in [-0.3, -0.25) is 4.98 Å². The monoisotopic (exact) mass is 235 g/mol. The van der Waals surface area contributed by atoms with Crippen molar-refractivity contribution >= 4 is 5.82 Å². The quantitative estimate of drug-likeness (QED) is 0.842. The molecule has 2 N–H and O–H groups in total. The van der Waals surface area contributed by atoms with Gasteiger partial charge in [-0.2, -0.15) is 0 Å². The first kappa shape index (κ1) is 12.3. The molecule has 1 heterocycles. The number of hydrogen-bond acceptors (Lipinski definition) is 4. The SMILES string of the molecule is Cc1ncc(NCC2CCC(O)CC2)nc1C. The second-order valence-electron chi connectivity index (χ2n) is 4.98. The third-order valence-corrected chi connectivity index (χ3v) is 3.58. The van der Waals surface area contributed by atoms with Gasteiger partial charge in [0, 0.05) is 6.54 Å². The van der Waals surface area contributed by atoms with Gasteiger partial charge in [0.2, 0.25) is 0 Å². The van der Waals surface area contributed by atoms with Crippen LogP contribution in [0.2, 0.25) is 0 Å². The van der Waals surface area contributed by atoms with Crippen LogP contribution in [-0.2, 0) is 0 Å². The van der Waals surface area contributed by atoms with Crippen molar-refractivity contribution < 1.29 is 5.11 Å². The van der Waals surface area contributed by atoms with Crippen molar-refractivity contribution in [3.8, 4) is 0 Å². The van der Waals surface area contributed by atoms with E-state index < -0.39 is 0 Å². The van der Waals surface area contributed by atoms with E-state index in [-0.39, 0.29) is 6.10 Å². The van der Waals surface area contributed by atoms with Crippen LogP contribution in [0, 0.1) is 19.8 Å². The Bertz CT molecular complexity index is 373. The van der Waals surface area contributed by atoms with Gasteiger partial charge in [0.1, 0.15) is 5.82 Å². The van der Waals surface area contributed by atoms with Crippen molar-refractivity contribution in [2.75, 3.05) is 11.9 Å². The van der Waals surface area contributed by atoms with Gasteiger partial charge in [0.15, 0.2) is 0 Å². The molecule has 1 fully saturated rings. The van der Waals surface area contributed by atoms with Gasteiger partial charge in [-0.15, -0.1) is 0 Å². The summed E-state index contributed by atoms with van der Waals surface area (Å²) < 4.78 is 0. The lowest BCUT2D eigenvalue weighted by atomic mass is 9.87. The first-order valence-electron chi connectivity index (χ1n) is 6.37. The summed E-state index contributed by atoms with van der Waals surface area (Å²) in [6.45, 7) is 4.88. The second-order valence-corrected chi connectivity index (χ2v) is 4.98. The molecule has 0 radical (unpaired) electrons. The molecule has 0 bridgehead atoms. The highest BCUT2D eigenvalue weighted by Gasteiger charge is 2.19. The van der Waals surface area contributed by atoms with E-state index in [0.717, 1.165) is 49.4 Å². The zero-order valence-corrected chi connectivity index (χ0v) is 10.6. The zero-order chi connectivity index (χ0) is 12.3. The van der Waals surface area contributed by atoms with Crippen molar-refractivity contribution in [1.29, 1.82) is 0 Å². The largest absolute Gasteiger partial charge is 0.393 e. The summed E-state index contributed by atoms with van der Waals surface area (Å²) in [7, 11) is 0. The van der Waals surface area contributed by atoms with E-state index in [9.17, 15) is 5.11 Å². The van der Waals surface area contributed by atoms with Crippen LogP contribution in [0.25, 0.3) is 0 Å². The van der Waals surface area contributed by atoms with Crippen LogP contribution in [0.3, 0.4) is 0 Å². The van der Waals surface area contributed by atoms with Crippen LogP contribution >= 0.6 is 0 Å². The summed E-state index contributed by atoms with van der Waals surface area (Å²) in [6.07, 6.45) is 5.79. The minimum absolute atomic E-state index is 0.0762. The van der Waals surface area contributed by atoms with Gasteiger partial charge >= 0.3 is 0 Å². The minimum atomic E-state index is -0.0762. The predicted molar refractivity (Wildman–Crippen MR) is 68.0 cm³/mol. The Hall–Kier alpha value is -1.16. The van der Waals surface area contributed by atoms with E-state index in [1.807, 2.05) is 13.8 Å². The van der Waals surface area contributed by atoms with Gasteiger partial charge in [-0.25, -0.2) is 4.98 Å². The third kappa shape index (κ3) is 3.40. The molecule has 4 heteroatoms. The van der Waals surface area contributed by atoms with Gasteiger partial charge in [0.05, 0.1) is 23.7 Å². The second kappa shape index (κ2) is 5.45. The Labute approximate surface area is 102 Å². The van der Waals surface area contributed by atoms with Crippen molar-refractivity contribution in [2.24, 2.45) is 5.92 Å². The van der Waals surface area contributed by atoms with Crippen LogP contribution < -0.4 is 5.32 Å². The Balaban J connectivity index is 1.83. The first-order valence-corrected chi connectivity index (χ1v) is 6.37. The molecule has 0 amide bonds. The standard InChI is InChI=1S/C13H21N3O/c1-9-10(2)16-13(8-14-9)15-7-11-3-5-12(17)6-4-11/h8,11-12,17H,3-7H2,1-2H3,(H,15,16). The average Bonchev–Trinajstić information content (AvgIpc) is 2.33. The average molecular weight is 235 g/mol. The fourth-order valence-electron chi connectivity index (χ4n) is 2.22. The molecule has 1 aliphatic rings. The molecular weight excluding hydrogens is 214 g/mol. The predicted octanol–water partition coefficient (Wildman–Crippen LogP) is 2.06. The highest BCUT2D eigenvalue weighted by molar-refractivity contribution is 5.33. The van der Waals surface area contributed by atoms with Crippen molar-refractivity contribution in [3.05, 3.63) is 17.6 Å². The normalized spacial score (nSPS) is 24.6. The highest BCUT2D eigenvalue weighted by Crippen LogP contribution is 2.24. The fourth-order valence-corrected chi connectivity index (χ4v) is 2.22. The summed E-state index contributed by atoms with van der Waals surface area (Å²) in [5.74, 6) is 1.51. The van der Waals surface area contributed by atoms with Crippen LogP contribution in [0.4, 0.5) is 5.82 Å². The number of anilines is 1. The minimum Gasteiger partial charge on any atom is -0.393 e. The van der Waals surface area contributed by atoms with E-state index in [2.05, 4.69) is 15.3 Å². The molecule has 0 aromatic carbocycles. The molecule has 1 aromatic rings. The van der Waals surface area contributed by atoms with Gasteiger partial charge in [-0.1, -0.05) is 0 Å². The van der Waals surface area contributed by atoms with Crippen LogP contribution in [0.5, 0.6) is 0 Å². The lowest BCUT2D eigenvalue weighted by Crippen LogP contribution is -2.23. The molecule has 94 valence electrons. The lowest BCUT2D eigenvalue weighted by Gasteiger charge is -2.25. The smallest absolute Gasteiger partial charge is 0.144 e. The molecule has 0 aliphatic heterocycles. The van der Waals surface area contributed by atoms with E-state index in [1.165, 1.54) is 0 Å². The molecule has 1 aromatic heterocycles. The maximum absolute atomic E-state index is 9.44. The van der Waals surface area contributed by atoms with Gasteiger partial charge < -0.3 is 10.4 Å². The number of aryl methyl sites for hydroxylation is 2. The molecule has 4 nitrogen and oxygen atoms in total. The summed E-state index contributed by atoms with van der Waals surface area (Å²) in [4.78, 5) is 8.74. The summed E-state index contributed by atoms with van der Waals surface area (Å²) in [5.41, 5.74) is 1.96. The van der Waals surface area contributed by atoms with E-state index in [1.54, 1.807) is 6.20 Å². The highest BCUT2D eigenvalue weighted by atomic mass is 16.3. The Morgan fingerprint density at radius 2 is 1.94 bits per heavy atom. The fraction of sp³-hybridized carbons (Fsp3) is 0.692. The number of aliphatic hydroxyl groups excluding tert-OH is 1. The Morgan fingerprint density at radius 3 is 2.59 bits per heavy atom. The maximum atomic E-state index is 9.44. The van der Waals surface area contributed by atoms with Crippen LogP contribution in [0.15, 0.2) is 6.20 Å². The lowest BCUT2D eigenvalue weighted by molar-refractivity contribution is 0.111. The Kier molecular flexibility index (Phi) is 3.94. The van der Waals surface area contributed by atoms with E-state index in [4.69, 9.17) is 0 Å². The summed E-state index contributed by atoms with van der Waals surface area (Å²) >= 11 is 0. The maximum Gasteiger partial charge on any atom is 0.144 e. The molecule has 1 aliphatic carbocycles. The summed E-state index contributed by atoms with van der Waals surface area (Å²) in [5, 5.41) is 12.8. The number of aromatic nitrogens is 2. The zero-order valence-electron chi connectivity index (χ0n) is 10.6. The number of rotatable bonds is 3. The number of aliphatic hydroxyl groups is 1. The molecule has 0 unspecified atom stereocenters. The van der Waals surface area contributed by atoms with Gasteiger partial charge in [0.25, 0.3) is 0 Å². The van der Waals surface area contributed by atoms with E-state index in [0.29, 0.717) is 5.92 Å². The third-order valence-electron chi connectivity index (χ3n) is 3.58. The number of nitrogens with zero attached hydrogens (tertiary/aromatic N) is 2. The number of nitrogens with one attached hydrogen (secondary N) is 1. The first-order chi connectivity index (χ1) is 8.15. The van der Waals surface area contributed by atoms with Crippen molar-refractivity contribution in [3.63, 3.8) is 0 Å². The van der Waals surface area contributed by atoms with Crippen LogP contribution in [-0.4, -0.2) is 27.7 Å². The molecule has 2 rings (SSSR count). The molecular formula is C13H21N3O. The van der Waals surface area contributed by atoms with Crippen LogP contribution in [0.1, 0.15) is 37.1 Å². The van der Waals surface area contributed by atoms with E-state index >= 15 is 0 Å². The van der Waals surface area contributed by atoms with Crippen molar-refractivity contribution in [2.45, 2.75) is 45.6 Å². The molecule has 17 heavy (non-hydrogen) atoms. The van der Waals surface area contributed by atoms with Crippen molar-refractivity contribution in [1.82, 2.24) is 9.97 Å². The summed E-state index contributed by atoms with van der Waals surface area (Å²) in [6, 6.07) is 0. The molecule has 0 atom stereocenters. The topological polar surface area (TPSA) is 58.0 Å².